The number of aromatic hydroxyl groups is 1. The minimum Gasteiger partial charge on any atom is -0.506 e. The lowest BCUT2D eigenvalue weighted by Gasteiger charge is -2.32. The van der Waals surface area contributed by atoms with Gasteiger partial charge in [0.05, 0.1) is 12.3 Å². The Bertz CT molecular complexity index is 448. The molecule has 112 valence electrons. The van der Waals surface area contributed by atoms with E-state index in [0.29, 0.717) is 23.8 Å². The molecule has 2 rings (SSSR count). The Balaban J connectivity index is 2.08. The van der Waals surface area contributed by atoms with Gasteiger partial charge in [-0.1, -0.05) is 26.2 Å². The van der Waals surface area contributed by atoms with E-state index in [9.17, 15) is 10.2 Å². The van der Waals surface area contributed by atoms with Crippen LogP contribution < -0.4 is 5.32 Å². The average molecular weight is 278 g/mol. The molecular weight excluding hydrogens is 252 g/mol. The first-order valence-electron chi connectivity index (χ1n) is 7.67. The molecule has 1 aromatic rings. The van der Waals surface area contributed by atoms with Crippen molar-refractivity contribution in [2.45, 2.75) is 65.1 Å². The zero-order valence-electron chi connectivity index (χ0n) is 12.5. The molecule has 0 bridgehead atoms. The summed E-state index contributed by atoms with van der Waals surface area (Å²) in [5.74, 6) is 0.944. The van der Waals surface area contributed by atoms with Crippen molar-refractivity contribution in [2.24, 2.45) is 5.92 Å². The number of aromatic nitrogens is 1. The fraction of sp³-hybridized carbons (Fsp3) is 0.688. The normalized spacial score (nSPS) is 22.9. The summed E-state index contributed by atoms with van der Waals surface area (Å²) < 4.78 is 0. The van der Waals surface area contributed by atoms with Crippen molar-refractivity contribution in [1.29, 1.82) is 0 Å². The molecule has 1 aromatic heterocycles. The summed E-state index contributed by atoms with van der Waals surface area (Å²) in [6, 6.07) is 0.521. The summed E-state index contributed by atoms with van der Waals surface area (Å²) >= 11 is 0. The maximum Gasteiger partial charge on any atom is 0.141 e. The second-order valence-corrected chi connectivity index (χ2v) is 5.79. The number of hydrogen-bond donors (Lipinski definition) is 3. The van der Waals surface area contributed by atoms with Crippen LogP contribution in [0.25, 0.3) is 0 Å². The van der Waals surface area contributed by atoms with Crippen LogP contribution in [0.2, 0.25) is 0 Å². The van der Waals surface area contributed by atoms with Crippen LogP contribution in [0.1, 0.15) is 55.8 Å². The standard InChI is InChI=1S/C16H26N2O2/c1-3-12-6-4-5-7-15(12)18-9-14-13(10-19)8-17-11(2)16(14)20/h8,12,15,18-20H,3-7,9-10H2,1-2H3. The lowest BCUT2D eigenvalue weighted by molar-refractivity contribution is 0.251. The van der Waals surface area contributed by atoms with Gasteiger partial charge in [-0.2, -0.15) is 0 Å². The first-order chi connectivity index (χ1) is 9.67. The Morgan fingerprint density at radius 1 is 1.35 bits per heavy atom. The van der Waals surface area contributed by atoms with Crippen molar-refractivity contribution in [2.75, 3.05) is 0 Å². The van der Waals surface area contributed by atoms with Gasteiger partial charge in [0.2, 0.25) is 0 Å². The molecule has 0 radical (unpaired) electrons. The molecule has 1 fully saturated rings. The smallest absolute Gasteiger partial charge is 0.141 e. The zero-order chi connectivity index (χ0) is 14.5. The largest absolute Gasteiger partial charge is 0.506 e. The van der Waals surface area contributed by atoms with Crippen molar-refractivity contribution < 1.29 is 10.2 Å². The van der Waals surface area contributed by atoms with Crippen molar-refractivity contribution in [3.8, 4) is 5.75 Å². The van der Waals surface area contributed by atoms with Gasteiger partial charge in [0.25, 0.3) is 0 Å². The van der Waals surface area contributed by atoms with Crippen LogP contribution in [0.5, 0.6) is 5.75 Å². The highest BCUT2D eigenvalue weighted by Crippen LogP contribution is 2.28. The molecule has 4 nitrogen and oxygen atoms in total. The maximum atomic E-state index is 10.1. The van der Waals surface area contributed by atoms with Crippen molar-refractivity contribution in [3.05, 3.63) is 23.0 Å². The summed E-state index contributed by atoms with van der Waals surface area (Å²) in [5.41, 5.74) is 2.12. The quantitative estimate of drug-likeness (QED) is 0.774. The summed E-state index contributed by atoms with van der Waals surface area (Å²) in [4.78, 5) is 4.10. The van der Waals surface area contributed by atoms with E-state index in [0.717, 1.165) is 11.5 Å². The van der Waals surface area contributed by atoms with Crippen LogP contribution >= 0.6 is 0 Å². The highest BCUT2D eigenvalue weighted by atomic mass is 16.3. The number of aliphatic hydroxyl groups is 1. The summed E-state index contributed by atoms with van der Waals surface area (Å²) in [7, 11) is 0. The Kier molecular flexibility index (Phi) is 5.38. The molecule has 2 atom stereocenters. The number of aryl methyl sites for hydroxylation is 1. The Morgan fingerprint density at radius 2 is 2.10 bits per heavy atom. The number of rotatable bonds is 5. The molecule has 1 saturated carbocycles. The van der Waals surface area contributed by atoms with Gasteiger partial charge in [0.1, 0.15) is 5.75 Å². The summed E-state index contributed by atoms with van der Waals surface area (Å²) in [6.07, 6.45) is 7.97. The molecule has 0 amide bonds. The third-order valence-electron chi connectivity index (χ3n) is 4.58. The fourth-order valence-electron chi connectivity index (χ4n) is 3.22. The van der Waals surface area contributed by atoms with Gasteiger partial charge in [-0.15, -0.1) is 0 Å². The van der Waals surface area contributed by atoms with E-state index in [1.807, 2.05) is 0 Å². The number of hydrogen-bond acceptors (Lipinski definition) is 4. The van der Waals surface area contributed by atoms with Crippen molar-refractivity contribution >= 4 is 0 Å². The van der Waals surface area contributed by atoms with Crippen LogP contribution in [0.3, 0.4) is 0 Å². The third kappa shape index (κ3) is 3.30. The minimum absolute atomic E-state index is 0.0836. The van der Waals surface area contributed by atoms with Crippen LogP contribution in [0.15, 0.2) is 6.20 Å². The molecular formula is C16H26N2O2. The van der Waals surface area contributed by atoms with E-state index in [1.54, 1.807) is 13.1 Å². The zero-order valence-corrected chi connectivity index (χ0v) is 12.5. The van der Waals surface area contributed by atoms with E-state index in [-0.39, 0.29) is 12.4 Å². The lowest BCUT2D eigenvalue weighted by Crippen LogP contribution is -2.38. The average Bonchev–Trinajstić information content (AvgIpc) is 2.49. The molecule has 0 spiro atoms. The second-order valence-electron chi connectivity index (χ2n) is 5.79. The highest BCUT2D eigenvalue weighted by Gasteiger charge is 2.23. The van der Waals surface area contributed by atoms with Gasteiger partial charge < -0.3 is 15.5 Å². The van der Waals surface area contributed by atoms with E-state index in [2.05, 4.69) is 17.2 Å². The van der Waals surface area contributed by atoms with Gasteiger partial charge >= 0.3 is 0 Å². The van der Waals surface area contributed by atoms with Crippen molar-refractivity contribution in [3.63, 3.8) is 0 Å². The van der Waals surface area contributed by atoms with E-state index >= 15 is 0 Å². The highest BCUT2D eigenvalue weighted by molar-refractivity contribution is 5.40. The van der Waals surface area contributed by atoms with E-state index < -0.39 is 0 Å². The van der Waals surface area contributed by atoms with E-state index in [1.165, 1.54) is 32.1 Å². The number of nitrogens with zero attached hydrogens (tertiary/aromatic N) is 1. The van der Waals surface area contributed by atoms with Gasteiger partial charge in [0, 0.05) is 29.9 Å². The molecule has 1 aliphatic rings. The van der Waals surface area contributed by atoms with Gasteiger partial charge in [-0.25, -0.2) is 0 Å². The molecule has 1 heterocycles. The van der Waals surface area contributed by atoms with Gasteiger partial charge in [-0.05, 0) is 25.7 Å². The van der Waals surface area contributed by atoms with Gasteiger partial charge in [-0.3, -0.25) is 4.98 Å². The lowest BCUT2D eigenvalue weighted by atomic mass is 9.83. The Morgan fingerprint density at radius 3 is 2.80 bits per heavy atom. The first kappa shape index (κ1) is 15.3. The summed E-state index contributed by atoms with van der Waals surface area (Å²) in [6.45, 7) is 4.55. The number of pyridine rings is 1. The molecule has 20 heavy (non-hydrogen) atoms. The monoisotopic (exact) mass is 278 g/mol. The number of aliphatic hydroxyl groups excluding tert-OH is 1. The van der Waals surface area contributed by atoms with Crippen LogP contribution in [-0.2, 0) is 13.2 Å². The topological polar surface area (TPSA) is 65.4 Å². The molecule has 1 aliphatic carbocycles. The fourth-order valence-corrected chi connectivity index (χ4v) is 3.22. The van der Waals surface area contributed by atoms with Crippen molar-refractivity contribution in [1.82, 2.24) is 10.3 Å². The predicted octanol–water partition coefficient (Wildman–Crippen LogP) is 2.65. The molecule has 0 aliphatic heterocycles. The van der Waals surface area contributed by atoms with Gasteiger partial charge in [0.15, 0.2) is 0 Å². The maximum absolute atomic E-state index is 10.1. The van der Waals surface area contributed by atoms with E-state index in [4.69, 9.17) is 0 Å². The molecule has 3 N–H and O–H groups in total. The van der Waals surface area contributed by atoms with Crippen LogP contribution in [-0.4, -0.2) is 21.2 Å². The van der Waals surface area contributed by atoms with Crippen LogP contribution in [0, 0.1) is 12.8 Å². The van der Waals surface area contributed by atoms with Crippen LogP contribution in [0.4, 0.5) is 0 Å². The molecule has 4 heteroatoms. The summed E-state index contributed by atoms with van der Waals surface area (Å²) in [5, 5.41) is 23.1. The molecule has 2 unspecified atom stereocenters. The Labute approximate surface area is 121 Å². The molecule has 0 saturated heterocycles. The number of nitrogens with one attached hydrogen (secondary N) is 1. The third-order valence-corrected chi connectivity index (χ3v) is 4.58. The first-order valence-corrected chi connectivity index (χ1v) is 7.67. The second kappa shape index (κ2) is 7.04. The minimum atomic E-state index is -0.0836. The Hall–Kier alpha value is -1.13. The predicted molar refractivity (Wildman–Crippen MR) is 79.4 cm³/mol. The molecule has 0 aromatic carbocycles. The SMILES string of the molecule is CCC1CCCCC1NCc1c(CO)cnc(C)c1O.